The molecule has 2 aromatic carbocycles. The third kappa shape index (κ3) is 4.00. The van der Waals surface area contributed by atoms with Gasteiger partial charge in [-0.1, -0.05) is 36.8 Å². The topological polar surface area (TPSA) is 69.0 Å². The number of aromatic nitrogens is 3. The molecule has 1 N–H and O–H groups in total. The zero-order valence-corrected chi connectivity index (χ0v) is 15.1. The largest absolute Gasteiger partial charge is 0.457 e. The zero-order chi connectivity index (χ0) is 18.5. The van der Waals surface area contributed by atoms with Crippen LogP contribution < -0.4 is 10.1 Å². The second kappa shape index (κ2) is 8.03. The van der Waals surface area contributed by atoms with E-state index in [4.69, 9.17) is 4.74 Å². The highest BCUT2D eigenvalue weighted by Gasteiger charge is 2.17. The molecule has 0 saturated heterocycles. The lowest BCUT2D eigenvalue weighted by Crippen LogP contribution is -2.25. The molecule has 0 aliphatic carbocycles. The minimum atomic E-state index is -0.187. The quantitative estimate of drug-likeness (QED) is 0.751. The minimum absolute atomic E-state index is 0.187. The van der Waals surface area contributed by atoms with Crippen molar-refractivity contribution in [2.45, 2.75) is 38.8 Å². The molecule has 4 rings (SSSR count). The molecular weight excluding hydrogens is 340 g/mol. The highest BCUT2D eigenvalue weighted by molar-refractivity contribution is 5.96. The highest BCUT2D eigenvalue weighted by atomic mass is 16.5. The molecule has 6 nitrogen and oxygen atoms in total. The van der Waals surface area contributed by atoms with Crippen molar-refractivity contribution in [1.82, 2.24) is 20.1 Å². The number of benzene rings is 2. The Morgan fingerprint density at radius 2 is 1.81 bits per heavy atom. The van der Waals surface area contributed by atoms with Gasteiger partial charge in [0.05, 0.1) is 12.1 Å². The Labute approximate surface area is 158 Å². The molecule has 0 saturated carbocycles. The third-order valence-electron chi connectivity index (χ3n) is 4.70. The number of rotatable bonds is 5. The number of carbonyl (C=O) groups is 1. The normalized spacial score (nSPS) is 13.5. The van der Waals surface area contributed by atoms with E-state index in [1.807, 2.05) is 42.5 Å². The predicted octanol–water partition coefficient (Wildman–Crippen LogP) is 3.73. The summed E-state index contributed by atoms with van der Waals surface area (Å²) in [5.41, 5.74) is 0.497. The van der Waals surface area contributed by atoms with Gasteiger partial charge in [0.15, 0.2) is 5.82 Å². The Kier molecular flexibility index (Phi) is 5.14. The lowest BCUT2D eigenvalue weighted by atomic mass is 10.2. The van der Waals surface area contributed by atoms with Gasteiger partial charge in [0.2, 0.25) is 0 Å². The van der Waals surface area contributed by atoms with E-state index >= 15 is 0 Å². The fourth-order valence-corrected chi connectivity index (χ4v) is 3.29. The van der Waals surface area contributed by atoms with Crippen molar-refractivity contribution in [2.24, 2.45) is 0 Å². The summed E-state index contributed by atoms with van der Waals surface area (Å²) in [6, 6.07) is 16.7. The number of ether oxygens (including phenoxy) is 1. The molecule has 3 aromatic rings. The lowest BCUT2D eigenvalue weighted by molar-refractivity contribution is 0.0947. The number of aryl methyl sites for hydroxylation is 1. The number of amides is 1. The fraction of sp³-hybridized carbons (Fsp3) is 0.286. The number of para-hydroxylation sites is 2. The molecule has 0 atom stereocenters. The molecule has 0 unspecified atom stereocenters. The number of hydrogen-bond donors (Lipinski definition) is 1. The summed E-state index contributed by atoms with van der Waals surface area (Å²) < 4.78 is 8.02. The van der Waals surface area contributed by atoms with Crippen molar-refractivity contribution in [1.29, 1.82) is 0 Å². The minimum Gasteiger partial charge on any atom is -0.457 e. The zero-order valence-electron chi connectivity index (χ0n) is 15.1. The molecule has 27 heavy (non-hydrogen) atoms. The maximum atomic E-state index is 12.7. The van der Waals surface area contributed by atoms with Gasteiger partial charge in [0.25, 0.3) is 5.91 Å². The molecule has 2 heterocycles. The van der Waals surface area contributed by atoms with Gasteiger partial charge in [0, 0.05) is 13.0 Å². The molecule has 0 fully saturated rings. The van der Waals surface area contributed by atoms with E-state index in [9.17, 15) is 4.79 Å². The maximum Gasteiger partial charge on any atom is 0.255 e. The number of nitrogens with zero attached hydrogens (tertiary/aromatic N) is 3. The number of nitrogens with one attached hydrogen (secondary N) is 1. The van der Waals surface area contributed by atoms with Crippen molar-refractivity contribution in [3.05, 3.63) is 71.8 Å². The number of fused-ring (bicyclic) bond motifs is 1. The maximum absolute atomic E-state index is 12.7. The Morgan fingerprint density at radius 3 is 2.70 bits per heavy atom. The van der Waals surface area contributed by atoms with E-state index in [0.717, 1.165) is 37.5 Å². The summed E-state index contributed by atoms with van der Waals surface area (Å²) in [7, 11) is 0. The average Bonchev–Trinajstić information content (AvgIpc) is 2.93. The molecule has 1 aliphatic heterocycles. The van der Waals surface area contributed by atoms with Crippen LogP contribution in [0.4, 0.5) is 0 Å². The van der Waals surface area contributed by atoms with Crippen LogP contribution in [0.2, 0.25) is 0 Å². The van der Waals surface area contributed by atoms with Crippen LogP contribution in [-0.2, 0) is 19.5 Å². The smallest absolute Gasteiger partial charge is 0.255 e. The van der Waals surface area contributed by atoms with E-state index in [0.29, 0.717) is 23.6 Å². The number of hydrogen-bond acceptors (Lipinski definition) is 4. The van der Waals surface area contributed by atoms with Crippen LogP contribution in [0, 0.1) is 0 Å². The predicted molar refractivity (Wildman–Crippen MR) is 102 cm³/mol. The first-order valence-electron chi connectivity index (χ1n) is 9.32. The molecule has 1 aliphatic rings. The molecular formula is C21H22N4O2. The van der Waals surface area contributed by atoms with E-state index in [1.54, 1.807) is 12.1 Å². The Bertz CT molecular complexity index is 921. The Balaban J connectivity index is 1.47. The Morgan fingerprint density at radius 1 is 1.00 bits per heavy atom. The molecule has 6 heteroatoms. The summed E-state index contributed by atoms with van der Waals surface area (Å²) in [5.74, 6) is 2.86. The van der Waals surface area contributed by atoms with Crippen molar-refractivity contribution in [3.8, 4) is 11.5 Å². The lowest BCUT2D eigenvalue weighted by Gasteiger charge is -2.12. The first-order valence-corrected chi connectivity index (χ1v) is 9.32. The molecule has 0 bridgehead atoms. The Hall–Kier alpha value is -3.15. The van der Waals surface area contributed by atoms with Crippen LogP contribution in [0.3, 0.4) is 0 Å². The first kappa shape index (κ1) is 17.3. The molecule has 138 valence electrons. The van der Waals surface area contributed by atoms with Crippen molar-refractivity contribution >= 4 is 5.91 Å². The monoisotopic (exact) mass is 362 g/mol. The molecule has 0 radical (unpaired) electrons. The van der Waals surface area contributed by atoms with Gasteiger partial charge in [-0.2, -0.15) is 0 Å². The SMILES string of the molecule is O=C(NCc1nnc2n1CCCCC2)c1ccccc1Oc1ccccc1. The summed E-state index contributed by atoms with van der Waals surface area (Å²) in [6.07, 6.45) is 4.43. The van der Waals surface area contributed by atoms with Crippen LogP contribution in [0.5, 0.6) is 11.5 Å². The summed E-state index contributed by atoms with van der Waals surface area (Å²) in [4.78, 5) is 12.7. The van der Waals surface area contributed by atoms with E-state index < -0.39 is 0 Å². The van der Waals surface area contributed by atoms with Gasteiger partial charge in [-0.3, -0.25) is 4.79 Å². The van der Waals surface area contributed by atoms with Gasteiger partial charge in [-0.25, -0.2) is 0 Å². The van der Waals surface area contributed by atoms with Crippen molar-refractivity contribution in [2.75, 3.05) is 0 Å². The van der Waals surface area contributed by atoms with Gasteiger partial charge in [0.1, 0.15) is 17.3 Å². The molecule has 0 spiro atoms. The van der Waals surface area contributed by atoms with Gasteiger partial charge in [-0.15, -0.1) is 10.2 Å². The first-order chi connectivity index (χ1) is 13.3. The molecule has 1 aromatic heterocycles. The van der Waals surface area contributed by atoms with Gasteiger partial charge < -0.3 is 14.6 Å². The van der Waals surface area contributed by atoms with E-state index in [1.165, 1.54) is 6.42 Å². The summed E-state index contributed by atoms with van der Waals surface area (Å²) >= 11 is 0. The van der Waals surface area contributed by atoms with E-state index in [-0.39, 0.29) is 5.91 Å². The van der Waals surface area contributed by atoms with Crippen molar-refractivity contribution < 1.29 is 9.53 Å². The van der Waals surface area contributed by atoms with Gasteiger partial charge in [-0.05, 0) is 37.1 Å². The van der Waals surface area contributed by atoms with Crippen LogP contribution in [0.1, 0.15) is 41.3 Å². The standard InChI is InChI=1S/C21H22N4O2/c26-21(22-15-20-24-23-19-13-5-2-8-14-25(19)20)17-11-6-7-12-18(17)27-16-9-3-1-4-10-16/h1,3-4,6-7,9-12H,2,5,8,13-15H2,(H,22,26). The summed E-state index contributed by atoms with van der Waals surface area (Å²) in [5, 5.41) is 11.5. The van der Waals surface area contributed by atoms with Crippen LogP contribution in [0.15, 0.2) is 54.6 Å². The fourth-order valence-electron chi connectivity index (χ4n) is 3.29. The van der Waals surface area contributed by atoms with Crippen LogP contribution in [0.25, 0.3) is 0 Å². The highest BCUT2D eigenvalue weighted by Crippen LogP contribution is 2.25. The summed E-state index contributed by atoms with van der Waals surface area (Å²) in [6.45, 7) is 1.27. The number of carbonyl (C=O) groups excluding carboxylic acids is 1. The second-order valence-corrected chi connectivity index (χ2v) is 6.59. The van der Waals surface area contributed by atoms with Crippen molar-refractivity contribution in [3.63, 3.8) is 0 Å². The third-order valence-corrected chi connectivity index (χ3v) is 4.70. The van der Waals surface area contributed by atoms with Gasteiger partial charge >= 0.3 is 0 Å². The second-order valence-electron chi connectivity index (χ2n) is 6.59. The van der Waals surface area contributed by atoms with Crippen LogP contribution in [-0.4, -0.2) is 20.7 Å². The molecule has 1 amide bonds. The van der Waals surface area contributed by atoms with E-state index in [2.05, 4.69) is 20.1 Å². The average molecular weight is 362 g/mol. The van der Waals surface area contributed by atoms with Crippen LogP contribution >= 0.6 is 0 Å².